The number of alkyl halides is 3. The number of ether oxygens (including phenoxy) is 1. The number of hydrogen-bond donors (Lipinski definition) is 1. The minimum absolute atomic E-state index is 0.214. The lowest BCUT2D eigenvalue weighted by Crippen LogP contribution is -2.49. The van der Waals surface area contributed by atoms with Crippen LogP contribution in [-0.4, -0.2) is 44.4 Å². The van der Waals surface area contributed by atoms with Crippen molar-refractivity contribution in [2.24, 2.45) is 0 Å². The highest BCUT2D eigenvalue weighted by molar-refractivity contribution is 5.33. The van der Waals surface area contributed by atoms with Gasteiger partial charge >= 0.3 is 6.18 Å². The molecule has 2 rings (SSSR count). The summed E-state index contributed by atoms with van der Waals surface area (Å²) in [6.07, 6.45) is -4.54. The normalized spacial score (nSPS) is 18.9. The molecule has 0 aromatic heterocycles. The molecule has 1 heterocycles. The monoisotopic (exact) mass is 292 g/mol. The van der Waals surface area contributed by atoms with Crippen LogP contribution < -0.4 is 10.1 Å². The molecular formula is C13H16F4N2O. The van der Waals surface area contributed by atoms with E-state index < -0.39 is 23.6 Å². The summed E-state index contributed by atoms with van der Waals surface area (Å²) in [4.78, 5) is 1.24. The maximum Gasteiger partial charge on any atom is 0.408 e. The molecule has 0 saturated carbocycles. The molecule has 1 atom stereocenters. The van der Waals surface area contributed by atoms with Gasteiger partial charge < -0.3 is 10.1 Å². The minimum Gasteiger partial charge on any atom is -0.497 e. The molecule has 1 aliphatic rings. The van der Waals surface area contributed by atoms with Gasteiger partial charge in [-0.1, -0.05) is 0 Å². The Bertz CT molecular complexity index is 458. The van der Waals surface area contributed by atoms with E-state index >= 15 is 0 Å². The Morgan fingerprint density at radius 2 is 1.90 bits per heavy atom. The quantitative estimate of drug-likeness (QED) is 0.866. The van der Waals surface area contributed by atoms with E-state index in [-0.39, 0.29) is 18.8 Å². The number of halogens is 4. The SMILES string of the molecule is COc1ccc(F)c([C@H](N2CCNCC2)C(F)(F)F)c1. The van der Waals surface area contributed by atoms with Gasteiger partial charge in [0.25, 0.3) is 0 Å². The summed E-state index contributed by atoms with van der Waals surface area (Å²) in [7, 11) is 1.34. The molecule has 1 N–H and O–H groups in total. The van der Waals surface area contributed by atoms with Gasteiger partial charge in [0.05, 0.1) is 7.11 Å². The number of hydrogen-bond acceptors (Lipinski definition) is 3. The third-order valence-electron chi connectivity index (χ3n) is 3.32. The second-order valence-electron chi connectivity index (χ2n) is 4.62. The molecule has 1 aromatic rings. The zero-order valence-electron chi connectivity index (χ0n) is 11.0. The van der Waals surface area contributed by atoms with E-state index in [0.29, 0.717) is 13.1 Å². The molecule has 1 aromatic carbocycles. The summed E-state index contributed by atoms with van der Waals surface area (Å²) in [6.45, 7) is 1.36. The molecule has 0 unspecified atom stereocenters. The topological polar surface area (TPSA) is 24.5 Å². The number of nitrogens with one attached hydrogen (secondary N) is 1. The van der Waals surface area contributed by atoms with E-state index in [1.165, 1.54) is 18.1 Å². The molecule has 1 saturated heterocycles. The number of benzene rings is 1. The Morgan fingerprint density at radius 3 is 2.45 bits per heavy atom. The Labute approximate surface area is 114 Å². The Kier molecular flexibility index (Phi) is 4.49. The first-order valence-electron chi connectivity index (χ1n) is 6.28. The van der Waals surface area contributed by atoms with Crippen molar-refractivity contribution in [2.45, 2.75) is 12.2 Å². The van der Waals surface area contributed by atoms with Crippen LogP contribution in [-0.2, 0) is 0 Å². The van der Waals surface area contributed by atoms with Gasteiger partial charge in [-0.2, -0.15) is 13.2 Å². The van der Waals surface area contributed by atoms with Gasteiger partial charge in [-0.25, -0.2) is 4.39 Å². The average Bonchev–Trinajstić information content (AvgIpc) is 2.41. The highest BCUT2D eigenvalue weighted by atomic mass is 19.4. The summed E-state index contributed by atoms with van der Waals surface area (Å²) in [6, 6.07) is 1.49. The number of nitrogens with zero attached hydrogens (tertiary/aromatic N) is 1. The summed E-state index contributed by atoms with van der Waals surface area (Å²) in [5.41, 5.74) is -0.390. The fourth-order valence-corrected chi connectivity index (χ4v) is 2.38. The summed E-state index contributed by atoms with van der Waals surface area (Å²) in [5.74, 6) is -0.655. The molecule has 1 aliphatic heterocycles. The standard InChI is InChI=1S/C13H16F4N2O/c1-20-9-2-3-11(14)10(8-9)12(13(15,16)17)19-6-4-18-5-7-19/h2-3,8,12,18H,4-7H2,1H3/t12-/m0/s1. The predicted molar refractivity (Wildman–Crippen MR) is 66.2 cm³/mol. The highest BCUT2D eigenvalue weighted by Crippen LogP contribution is 2.39. The Hall–Kier alpha value is -1.34. The van der Waals surface area contributed by atoms with E-state index in [9.17, 15) is 17.6 Å². The van der Waals surface area contributed by atoms with Crippen molar-refractivity contribution in [3.63, 3.8) is 0 Å². The zero-order valence-corrected chi connectivity index (χ0v) is 11.0. The smallest absolute Gasteiger partial charge is 0.408 e. The van der Waals surface area contributed by atoms with Crippen LogP contribution in [0.1, 0.15) is 11.6 Å². The van der Waals surface area contributed by atoms with E-state index in [0.717, 1.165) is 12.1 Å². The molecule has 7 heteroatoms. The first-order chi connectivity index (χ1) is 9.43. The molecule has 3 nitrogen and oxygen atoms in total. The van der Waals surface area contributed by atoms with Crippen LogP contribution in [0.2, 0.25) is 0 Å². The van der Waals surface area contributed by atoms with Crippen LogP contribution in [0.3, 0.4) is 0 Å². The van der Waals surface area contributed by atoms with Crippen LogP contribution >= 0.6 is 0 Å². The molecule has 1 fully saturated rings. The van der Waals surface area contributed by atoms with Gasteiger partial charge in [-0.05, 0) is 18.2 Å². The Morgan fingerprint density at radius 1 is 1.25 bits per heavy atom. The fourth-order valence-electron chi connectivity index (χ4n) is 2.38. The van der Waals surface area contributed by atoms with Crippen molar-refractivity contribution >= 4 is 0 Å². The van der Waals surface area contributed by atoms with Gasteiger partial charge in [0.15, 0.2) is 0 Å². The van der Waals surface area contributed by atoms with Crippen molar-refractivity contribution in [3.05, 3.63) is 29.6 Å². The van der Waals surface area contributed by atoms with Gasteiger partial charge in [0.1, 0.15) is 17.6 Å². The molecule has 20 heavy (non-hydrogen) atoms. The molecule has 0 spiro atoms. The molecule has 0 amide bonds. The van der Waals surface area contributed by atoms with Gasteiger partial charge in [0.2, 0.25) is 0 Å². The largest absolute Gasteiger partial charge is 0.497 e. The maximum atomic E-state index is 13.8. The lowest BCUT2D eigenvalue weighted by molar-refractivity contribution is -0.188. The second kappa shape index (κ2) is 5.97. The molecule has 0 radical (unpaired) electrons. The second-order valence-corrected chi connectivity index (χ2v) is 4.62. The van der Waals surface area contributed by atoms with E-state index in [2.05, 4.69) is 5.32 Å². The fraction of sp³-hybridized carbons (Fsp3) is 0.538. The van der Waals surface area contributed by atoms with Crippen molar-refractivity contribution < 1.29 is 22.3 Å². The van der Waals surface area contributed by atoms with Crippen molar-refractivity contribution in [1.82, 2.24) is 10.2 Å². The first-order valence-corrected chi connectivity index (χ1v) is 6.28. The van der Waals surface area contributed by atoms with E-state index in [1.807, 2.05) is 0 Å². The number of piperazine rings is 1. The van der Waals surface area contributed by atoms with Gasteiger partial charge in [-0.15, -0.1) is 0 Å². The predicted octanol–water partition coefficient (Wildman–Crippen LogP) is 2.34. The van der Waals surface area contributed by atoms with Crippen LogP contribution in [0.15, 0.2) is 18.2 Å². The van der Waals surface area contributed by atoms with Crippen LogP contribution in [0, 0.1) is 5.82 Å². The average molecular weight is 292 g/mol. The lowest BCUT2D eigenvalue weighted by atomic mass is 10.0. The number of rotatable bonds is 3. The van der Waals surface area contributed by atoms with Crippen molar-refractivity contribution in [1.29, 1.82) is 0 Å². The third-order valence-corrected chi connectivity index (χ3v) is 3.32. The van der Waals surface area contributed by atoms with Crippen LogP contribution in [0.4, 0.5) is 17.6 Å². The van der Waals surface area contributed by atoms with Crippen molar-refractivity contribution in [2.75, 3.05) is 33.3 Å². The Balaban J connectivity index is 2.40. The minimum atomic E-state index is -4.54. The molecule has 112 valence electrons. The zero-order chi connectivity index (χ0) is 14.8. The van der Waals surface area contributed by atoms with Gasteiger partial charge in [0, 0.05) is 31.7 Å². The van der Waals surface area contributed by atoms with Crippen molar-refractivity contribution in [3.8, 4) is 5.75 Å². The third kappa shape index (κ3) is 3.21. The summed E-state index contributed by atoms with van der Waals surface area (Å²) in [5, 5.41) is 2.98. The summed E-state index contributed by atoms with van der Waals surface area (Å²) >= 11 is 0. The lowest BCUT2D eigenvalue weighted by Gasteiger charge is -2.36. The highest BCUT2D eigenvalue weighted by Gasteiger charge is 2.46. The maximum absolute atomic E-state index is 13.8. The molecule has 0 aliphatic carbocycles. The van der Waals surface area contributed by atoms with Crippen LogP contribution in [0.5, 0.6) is 5.75 Å². The van der Waals surface area contributed by atoms with E-state index in [4.69, 9.17) is 4.74 Å². The number of methoxy groups -OCH3 is 1. The molecular weight excluding hydrogens is 276 g/mol. The van der Waals surface area contributed by atoms with E-state index in [1.54, 1.807) is 0 Å². The van der Waals surface area contributed by atoms with Gasteiger partial charge in [-0.3, -0.25) is 4.90 Å². The first kappa shape index (κ1) is 15.1. The van der Waals surface area contributed by atoms with Crippen LogP contribution in [0.25, 0.3) is 0 Å². The molecule has 0 bridgehead atoms. The summed E-state index contributed by atoms with van der Waals surface area (Å²) < 4.78 is 58.7.